The van der Waals surface area contributed by atoms with Gasteiger partial charge >= 0.3 is 0 Å². The SMILES string of the molecule is [2H]C([2H])([2H])C(Cl)(c1ccc(Oc2c(Cl)cc(N)cc2Br)nn1)C([2H])([2H])[2H]. The van der Waals surface area contributed by atoms with E-state index in [4.69, 9.17) is 41.9 Å². The Morgan fingerprint density at radius 1 is 1.35 bits per heavy atom. The van der Waals surface area contributed by atoms with Crippen LogP contribution >= 0.6 is 39.1 Å². The van der Waals surface area contributed by atoms with E-state index in [1.165, 1.54) is 12.1 Å². The fourth-order valence-electron chi connectivity index (χ4n) is 1.34. The molecule has 0 aliphatic carbocycles. The molecular formula is C13H12BrCl2N3O. The number of ether oxygens (including phenoxy) is 1. The van der Waals surface area contributed by atoms with Crippen LogP contribution in [0.4, 0.5) is 5.69 Å². The van der Waals surface area contributed by atoms with E-state index in [-0.39, 0.29) is 16.7 Å². The Balaban J connectivity index is 2.40. The smallest absolute Gasteiger partial charge is 0.238 e. The van der Waals surface area contributed by atoms with E-state index in [2.05, 4.69) is 26.1 Å². The van der Waals surface area contributed by atoms with Gasteiger partial charge in [0.2, 0.25) is 5.88 Å². The van der Waals surface area contributed by atoms with Crippen LogP contribution in [0, 0.1) is 0 Å². The Morgan fingerprint density at radius 2 is 2.10 bits per heavy atom. The summed E-state index contributed by atoms with van der Waals surface area (Å²) in [5.74, 6) is 0.169. The lowest BCUT2D eigenvalue weighted by atomic mass is 10.1. The van der Waals surface area contributed by atoms with E-state index in [1.54, 1.807) is 6.07 Å². The van der Waals surface area contributed by atoms with Crippen LogP contribution in [0.5, 0.6) is 11.6 Å². The van der Waals surface area contributed by atoms with Crippen LogP contribution in [0.3, 0.4) is 0 Å². The molecule has 0 saturated heterocycles. The number of hydrogen-bond acceptors (Lipinski definition) is 4. The molecule has 1 aromatic heterocycles. The van der Waals surface area contributed by atoms with Gasteiger partial charge in [-0.2, -0.15) is 5.10 Å². The molecule has 2 N–H and O–H groups in total. The number of benzene rings is 1. The first-order chi connectivity index (χ1) is 11.8. The Labute approximate surface area is 143 Å². The molecule has 0 amide bonds. The fraction of sp³-hybridized carbons (Fsp3) is 0.231. The van der Waals surface area contributed by atoms with Gasteiger partial charge in [-0.3, -0.25) is 0 Å². The van der Waals surface area contributed by atoms with Gasteiger partial charge in [0.1, 0.15) is 0 Å². The Bertz CT molecular complexity index is 776. The van der Waals surface area contributed by atoms with E-state index in [0.717, 1.165) is 6.07 Å². The van der Waals surface area contributed by atoms with Gasteiger partial charge in [0, 0.05) is 20.0 Å². The minimum atomic E-state index is -3.04. The van der Waals surface area contributed by atoms with E-state index in [0.29, 0.717) is 10.2 Å². The van der Waals surface area contributed by atoms with Crippen molar-refractivity contribution < 1.29 is 13.0 Å². The molecule has 0 spiro atoms. The van der Waals surface area contributed by atoms with Gasteiger partial charge in [-0.1, -0.05) is 11.6 Å². The second-order valence-corrected chi connectivity index (χ2v) is 5.66. The highest BCUT2D eigenvalue weighted by Crippen LogP contribution is 2.38. The van der Waals surface area contributed by atoms with Crippen molar-refractivity contribution >= 4 is 44.8 Å². The number of hydrogen-bond donors (Lipinski definition) is 1. The molecule has 2 aromatic rings. The minimum absolute atomic E-state index is 0.0452. The zero-order valence-corrected chi connectivity index (χ0v) is 12.9. The maximum atomic E-state index is 7.50. The lowest BCUT2D eigenvalue weighted by Gasteiger charge is -2.14. The van der Waals surface area contributed by atoms with Gasteiger partial charge in [0.25, 0.3) is 0 Å². The molecule has 0 fully saturated rings. The minimum Gasteiger partial charge on any atom is -0.435 e. The summed E-state index contributed by atoms with van der Waals surface area (Å²) in [4.78, 5) is -2.70. The van der Waals surface area contributed by atoms with Gasteiger partial charge in [-0.15, -0.1) is 16.7 Å². The van der Waals surface area contributed by atoms with E-state index >= 15 is 0 Å². The molecule has 4 nitrogen and oxygen atoms in total. The van der Waals surface area contributed by atoms with Crippen LogP contribution in [-0.4, -0.2) is 10.2 Å². The third kappa shape index (κ3) is 3.53. The maximum Gasteiger partial charge on any atom is 0.238 e. The topological polar surface area (TPSA) is 61.0 Å². The number of rotatable bonds is 3. The highest BCUT2D eigenvalue weighted by atomic mass is 79.9. The predicted octanol–water partition coefficient (Wildman–Crippen LogP) is 4.74. The number of alkyl halides is 1. The molecule has 20 heavy (non-hydrogen) atoms. The third-order valence-corrected chi connectivity index (χ3v) is 3.28. The molecule has 1 aromatic carbocycles. The largest absolute Gasteiger partial charge is 0.435 e. The van der Waals surface area contributed by atoms with Crippen LogP contribution in [0.25, 0.3) is 0 Å². The van der Waals surface area contributed by atoms with Crippen LogP contribution in [0.1, 0.15) is 27.6 Å². The molecule has 0 aliphatic heterocycles. The molecule has 106 valence electrons. The zero-order chi connectivity index (χ0) is 19.9. The molecule has 2 rings (SSSR count). The van der Waals surface area contributed by atoms with Crippen molar-refractivity contribution in [2.75, 3.05) is 5.73 Å². The Morgan fingerprint density at radius 3 is 2.65 bits per heavy atom. The average Bonchev–Trinajstić information content (AvgIpc) is 2.48. The lowest BCUT2D eigenvalue weighted by molar-refractivity contribution is 0.450. The number of nitrogen functional groups attached to an aromatic ring is 1. The van der Waals surface area contributed by atoms with Gasteiger partial charge in [-0.05, 0) is 47.8 Å². The first kappa shape index (κ1) is 9.07. The summed E-state index contributed by atoms with van der Waals surface area (Å²) in [5.41, 5.74) is 5.64. The molecule has 0 bridgehead atoms. The number of halogens is 3. The summed E-state index contributed by atoms with van der Waals surface area (Å²) in [7, 11) is 0. The second-order valence-electron chi connectivity index (χ2n) is 3.83. The van der Waals surface area contributed by atoms with E-state index in [1.807, 2.05) is 0 Å². The normalized spacial score (nSPS) is 17.1. The molecule has 0 radical (unpaired) electrons. The van der Waals surface area contributed by atoms with Gasteiger partial charge < -0.3 is 10.5 Å². The highest BCUT2D eigenvalue weighted by molar-refractivity contribution is 9.10. The van der Waals surface area contributed by atoms with Gasteiger partial charge in [0.05, 0.1) is 20.1 Å². The molecule has 7 heteroatoms. The predicted molar refractivity (Wildman–Crippen MR) is 84.5 cm³/mol. The molecule has 0 unspecified atom stereocenters. The van der Waals surface area contributed by atoms with Gasteiger partial charge in [-0.25, -0.2) is 0 Å². The molecular weight excluding hydrogens is 365 g/mol. The number of anilines is 1. The standard InChI is InChI=1S/C13H12BrCl2N3O/c1-13(2,16)10-3-4-11(19-18-10)20-12-8(14)5-7(17)6-9(12)15/h3-6H,17H2,1-2H3/i1D3,2D3. The van der Waals surface area contributed by atoms with Crippen LogP contribution in [-0.2, 0) is 4.87 Å². The number of nitrogens with two attached hydrogens (primary N) is 1. The summed E-state index contributed by atoms with van der Waals surface area (Å²) >= 11 is 15.3. The van der Waals surface area contributed by atoms with Crippen molar-refractivity contribution in [2.45, 2.75) is 18.6 Å². The first-order valence-corrected chi connectivity index (χ1v) is 6.78. The zero-order valence-electron chi connectivity index (χ0n) is 15.8. The monoisotopic (exact) mass is 381 g/mol. The van der Waals surface area contributed by atoms with E-state index in [9.17, 15) is 0 Å². The highest BCUT2D eigenvalue weighted by Gasteiger charge is 2.19. The molecule has 0 saturated carbocycles. The van der Waals surface area contributed by atoms with Crippen molar-refractivity contribution in [3.05, 3.63) is 39.5 Å². The maximum absolute atomic E-state index is 7.50. The molecule has 1 heterocycles. The quantitative estimate of drug-likeness (QED) is 0.615. The third-order valence-electron chi connectivity index (χ3n) is 2.22. The Kier molecular flexibility index (Phi) is 2.61. The summed E-state index contributed by atoms with van der Waals surface area (Å²) < 4.78 is 50.9. The van der Waals surface area contributed by atoms with E-state index < -0.39 is 24.3 Å². The summed E-state index contributed by atoms with van der Waals surface area (Å²) in [6.07, 6.45) is 0. The Hall–Kier alpha value is -1.04. The van der Waals surface area contributed by atoms with Crippen LogP contribution in [0.2, 0.25) is 5.02 Å². The molecule has 0 aliphatic rings. The lowest BCUT2D eigenvalue weighted by Crippen LogP contribution is -2.11. The van der Waals surface area contributed by atoms with Gasteiger partial charge in [0.15, 0.2) is 5.75 Å². The number of nitrogens with zero attached hydrogens (tertiary/aromatic N) is 2. The van der Waals surface area contributed by atoms with Crippen molar-refractivity contribution in [3.63, 3.8) is 0 Å². The first-order valence-electron chi connectivity index (χ1n) is 8.23. The fourth-order valence-corrected chi connectivity index (χ4v) is 2.38. The van der Waals surface area contributed by atoms with Crippen LogP contribution in [0.15, 0.2) is 28.7 Å². The summed E-state index contributed by atoms with van der Waals surface area (Å²) in [6.45, 7) is -6.08. The van der Waals surface area contributed by atoms with Crippen molar-refractivity contribution in [1.82, 2.24) is 10.2 Å². The average molecular weight is 383 g/mol. The second kappa shape index (κ2) is 5.76. The number of aromatic nitrogens is 2. The van der Waals surface area contributed by atoms with Crippen molar-refractivity contribution in [1.29, 1.82) is 0 Å². The van der Waals surface area contributed by atoms with Crippen molar-refractivity contribution in [2.24, 2.45) is 0 Å². The van der Waals surface area contributed by atoms with Crippen LogP contribution < -0.4 is 10.5 Å². The summed E-state index contributed by atoms with van der Waals surface area (Å²) in [6, 6.07) is 5.41. The summed E-state index contributed by atoms with van der Waals surface area (Å²) in [5, 5.41) is 7.56. The molecule has 0 atom stereocenters. The van der Waals surface area contributed by atoms with Crippen molar-refractivity contribution in [3.8, 4) is 11.6 Å².